The van der Waals surface area contributed by atoms with Gasteiger partial charge in [0, 0.05) is 30.9 Å². The van der Waals surface area contributed by atoms with Crippen molar-refractivity contribution in [2.75, 3.05) is 18.8 Å². The van der Waals surface area contributed by atoms with Gasteiger partial charge in [-0.15, -0.1) is 11.3 Å². The maximum atomic E-state index is 5.78. The van der Waals surface area contributed by atoms with E-state index >= 15 is 0 Å². The number of benzene rings is 1. The van der Waals surface area contributed by atoms with Gasteiger partial charge < -0.3 is 5.73 Å². The lowest BCUT2D eigenvalue weighted by Gasteiger charge is -2.19. The van der Waals surface area contributed by atoms with Crippen molar-refractivity contribution >= 4 is 16.5 Å². The van der Waals surface area contributed by atoms with E-state index < -0.39 is 0 Å². The molecule has 0 radical (unpaired) electrons. The first-order valence-electron chi connectivity index (χ1n) is 6.72. The zero-order valence-corrected chi connectivity index (χ0v) is 12.0. The highest BCUT2D eigenvalue weighted by molar-refractivity contribution is 7.15. The molecule has 0 unspecified atom stereocenters. The minimum Gasteiger partial charge on any atom is -0.375 e. The molecule has 0 saturated heterocycles. The molecule has 2 heterocycles. The fraction of sp³-hybridized carbons (Fsp3) is 0.400. The molecule has 19 heavy (non-hydrogen) atoms. The highest BCUT2D eigenvalue weighted by Crippen LogP contribution is 2.24. The summed E-state index contributed by atoms with van der Waals surface area (Å²) in [6.45, 7) is 5.36. The number of fused-ring (bicyclic) bond motifs is 1. The van der Waals surface area contributed by atoms with Crippen molar-refractivity contribution in [3.8, 4) is 0 Å². The first-order valence-corrected chi connectivity index (χ1v) is 7.54. The molecule has 0 atom stereocenters. The molecule has 0 fully saturated rings. The molecule has 1 aliphatic rings. The number of aryl methyl sites for hydroxylation is 1. The lowest BCUT2D eigenvalue weighted by molar-refractivity contribution is 0.279. The van der Waals surface area contributed by atoms with E-state index in [1.54, 1.807) is 11.3 Å². The van der Waals surface area contributed by atoms with Crippen LogP contribution in [-0.2, 0) is 19.4 Å². The number of rotatable bonds is 2. The van der Waals surface area contributed by atoms with E-state index in [1.807, 2.05) is 0 Å². The standard InChI is InChI=1S/C15H19N3S/c1-11-3-2-4-12(9-11)10-18-7-5-13-14(6-8-18)19-15(16)17-13/h2-4,9H,5-8,10H2,1H3,(H2,16,17). The summed E-state index contributed by atoms with van der Waals surface area (Å²) in [5.41, 5.74) is 9.73. The van der Waals surface area contributed by atoms with Gasteiger partial charge in [0.25, 0.3) is 0 Å². The predicted octanol–water partition coefficient (Wildman–Crippen LogP) is 2.63. The van der Waals surface area contributed by atoms with Crippen molar-refractivity contribution in [1.29, 1.82) is 0 Å². The van der Waals surface area contributed by atoms with Gasteiger partial charge in [0.1, 0.15) is 0 Å². The first-order chi connectivity index (χ1) is 9.20. The Morgan fingerprint density at radius 1 is 1.32 bits per heavy atom. The van der Waals surface area contributed by atoms with Gasteiger partial charge in [0.2, 0.25) is 0 Å². The van der Waals surface area contributed by atoms with Crippen molar-refractivity contribution in [1.82, 2.24) is 9.88 Å². The molecule has 1 aromatic carbocycles. The second kappa shape index (κ2) is 5.31. The zero-order chi connectivity index (χ0) is 13.2. The molecule has 100 valence electrons. The average molecular weight is 273 g/mol. The highest BCUT2D eigenvalue weighted by atomic mass is 32.1. The van der Waals surface area contributed by atoms with Crippen LogP contribution < -0.4 is 5.73 Å². The van der Waals surface area contributed by atoms with Crippen LogP contribution in [0.4, 0.5) is 5.13 Å². The fourth-order valence-corrected chi connectivity index (χ4v) is 3.52. The lowest BCUT2D eigenvalue weighted by atomic mass is 10.1. The molecule has 3 rings (SSSR count). The van der Waals surface area contributed by atoms with Crippen molar-refractivity contribution in [3.63, 3.8) is 0 Å². The van der Waals surface area contributed by atoms with Gasteiger partial charge in [-0.2, -0.15) is 0 Å². The van der Waals surface area contributed by atoms with Gasteiger partial charge in [-0.05, 0) is 18.9 Å². The Morgan fingerprint density at radius 3 is 3.00 bits per heavy atom. The molecule has 2 N–H and O–H groups in total. The molecular formula is C15H19N3S. The zero-order valence-electron chi connectivity index (χ0n) is 11.2. The number of nitrogens with zero attached hydrogens (tertiary/aromatic N) is 2. The van der Waals surface area contributed by atoms with Gasteiger partial charge in [-0.25, -0.2) is 4.98 Å². The van der Waals surface area contributed by atoms with Gasteiger partial charge in [-0.3, -0.25) is 4.90 Å². The van der Waals surface area contributed by atoms with Gasteiger partial charge >= 0.3 is 0 Å². The van der Waals surface area contributed by atoms with E-state index in [2.05, 4.69) is 41.1 Å². The van der Waals surface area contributed by atoms with Crippen LogP contribution in [0.25, 0.3) is 0 Å². The molecular weight excluding hydrogens is 254 g/mol. The molecule has 1 aromatic heterocycles. The predicted molar refractivity (Wildman–Crippen MR) is 80.4 cm³/mol. The summed E-state index contributed by atoms with van der Waals surface area (Å²) < 4.78 is 0. The van der Waals surface area contributed by atoms with E-state index in [4.69, 9.17) is 5.73 Å². The van der Waals surface area contributed by atoms with Crippen LogP contribution in [0.3, 0.4) is 0 Å². The lowest BCUT2D eigenvalue weighted by Crippen LogP contribution is -2.26. The molecule has 3 nitrogen and oxygen atoms in total. The van der Waals surface area contributed by atoms with Gasteiger partial charge in [0.15, 0.2) is 5.13 Å². The normalized spacial score (nSPS) is 16.1. The van der Waals surface area contributed by atoms with E-state index in [0.29, 0.717) is 0 Å². The van der Waals surface area contributed by atoms with E-state index in [0.717, 1.165) is 37.6 Å². The summed E-state index contributed by atoms with van der Waals surface area (Å²) in [7, 11) is 0. The number of hydrogen-bond acceptors (Lipinski definition) is 4. The third kappa shape index (κ3) is 2.96. The fourth-order valence-electron chi connectivity index (χ4n) is 2.66. The Hall–Kier alpha value is -1.39. The summed E-state index contributed by atoms with van der Waals surface area (Å²) in [5, 5.41) is 0.720. The Morgan fingerprint density at radius 2 is 2.16 bits per heavy atom. The smallest absolute Gasteiger partial charge is 0.180 e. The summed E-state index contributed by atoms with van der Waals surface area (Å²) in [6, 6.07) is 8.78. The molecule has 2 aromatic rings. The van der Waals surface area contributed by atoms with Crippen LogP contribution in [0.1, 0.15) is 21.7 Å². The number of hydrogen-bond donors (Lipinski definition) is 1. The van der Waals surface area contributed by atoms with Crippen molar-refractivity contribution in [2.45, 2.75) is 26.3 Å². The number of nitrogen functional groups attached to an aromatic ring is 1. The van der Waals surface area contributed by atoms with Crippen molar-refractivity contribution in [2.24, 2.45) is 0 Å². The van der Waals surface area contributed by atoms with Crippen molar-refractivity contribution < 1.29 is 0 Å². The van der Waals surface area contributed by atoms with E-state index in [-0.39, 0.29) is 0 Å². The number of anilines is 1. The first kappa shape index (κ1) is 12.6. The average Bonchev–Trinajstić information content (AvgIpc) is 2.64. The second-order valence-electron chi connectivity index (χ2n) is 5.19. The number of aromatic nitrogens is 1. The van der Waals surface area contributed by atoms with E-state index in [1.165, 1.54) is 21.7 Å². The molecule has 0 bridgehead atoms. The molecule has 1 aliphatic heterocycles. The van der Waals surface area contributed by atoms with Crippen LogP contribution in [0, 0.1) is 6.92 Å². The molecule has 0 spiro atoms. The molecule has 0 saturated carbocycles. The molecule has 4 heteroatoms. The summed E-state index contributed by atoms with van der Waals surface area (Å²) in [5.74, 6) is 0. The third-order valence-electron chi connectivity index (χ3n) is 3.60. The Kier molecular flexibility index (Phi) is 3.53. The molecule has 0 aliphatic carbocycles. The molecule has 0 amide bonds. The number of thiazole rings is 1. The Balaban J connectivity index is 1.67. The summed E-state index contributed by atoms with van der Waals surface area (Å²) >= 11 is 1.65. The maximum Gasteiger partial charge on any atom is 0.180 e. The SMILES string of the molecule is Cc1cccc(CN2CCc3nc(N)sc3CC2)c1. The third-order valence-corrected chi connectivity index (χ3v) is 4.59. The van der Waals surface area contributed by atoms with Crippen LogP contribution in [0.5, 0.6) is 0 Å². The highest BCUT2D eigenvalue weighted by Gasteiger charge is 2.17. The Labute approximate surface area is 118 Å². The van der Waals surface area contributed by atoms with Crippen LogP contribution >= 0.6 is 11.3 Å². The number of nitrogens with two attached hydrogens (primary N) is 1. The minimum atomic E-state index is 0.720. The van der Waals surface area contributed by atoms with E-state index in [9.17, 15) is 0 Å². The van der Waals surface area contributed by atoms with Crippen LogP contribution in [-0.4, -0.2) is 23.0 Å². The Bertz CT molecular complexity index is 551. The quantitative estimate of drug-likeness (QED) is 0.914. The van der Waals surface area contributed by atoms with Gasteiger partial charge in [-0.1, -0.05) is 29.8 Å². The largest absolute Gasteiger partial charge is 0.375 e. The topological polar surface area (TPSA) is 42.2 Å². The van der Waals surface area contributed by atoms with Gasteiger partial charge in [0.05, 0.1) is 5.69 Å². The van der Waals surface area contributed by atoms with Crippen LogP contribution in [0.2, 0.25) is 0 Å². The second-order valence-corrected chi connectivity index (χ2v) is 6.30. The maximum absolute atomic E-state index is 5.78. The minimum absolute atomic E-state index is 0.720. The van der Waals surface area contributed by atoms with Crippen molar-refractivity contribution in [3.05, 3.63) is 46.0 Å². The van der Waals surface area contributed by atoms with Crippen LogP contribution in [0.15, 0.2) is 24.3 Å². The monoisotopic (exact) mass is 273 g/mol. The summed E-state index contributed by atoms with van der Waals surface area (Å²) in [4.78, 5) is 8.33. The summed E-state index contributed by atoms with van der Waals surface area (Å²) in [6.07, 6.45) is 2.10.